The number of fused-ring (bicyclic) bond motifs is 1. The highest BCUT2D eigenvalue weighted by Crippen LogP contribution is 2.34. The zero-order chi connectivity index (χ0) is 13.4. The Hall–Kier alpha value is -1.84. The Morgan fingerprint density at radius 2 is 2.16 bits per heavy atom. The minimum Gasteiger partial charge on any atom is -0.481 e. The second kappa shape index (κ2) is 4.68. The summed E-state index contributed by atoms with van der Waals surface area (Å²) >= 11 is 0. The number of carbonyl (C=O) groups is 1. The average molecular weight is 259 g/mol. The van der Waals surface area contributed by atoms with E-state index >= 15 is 0 Å². The molecule has 19 heavy (non-hydrogen) atoms. The summed E-state index contributed by atoms with van der Waals surface area (Å²) in [4.78, 5) is 15.7. The van der Waals surface area contributed by atoms with Crippen LogP contribution in [0.3, 0.4) is 0 Å². The summed E-state index contributed by atoms with van der Waals surface area (Å²) < 4.78 is 5.90. The molecular formula is C15H17NO3. The first-order valence-corrected chi connectivity index (χ1v) is 6.68. The average Bonchev–Trinajstić information content (AvgIpc) is 2.81. The van der Waals surface area contributed by atoms with Crippen LogP contribution in [0.5, 0.6) is 0 Å². The maximum absolute atomic E-state index is 11.1. The van der Waals surface area contributed by atoms with Gasteiger partial charge in [-0.05, 0) is 37.8 Å². The van der Waals surface area contributed by atoms with E-state index in [1.807, 2.05) is 31.2 Å². The molecule has 3 atom stereocenters. The van der Waals surface area contributed by atoms with Gasteiger partial charge in [-0.1, -0.05) is 18.2 Å². The lowest BCUT2D eigenvalue weighted by Gasteiger charge is -2.27. The zero-order valence-corrected chi connectivity index (χ0v) is 10.9. The van der Waals surface area contributed by atoms with Crippen LogP contribution in [0.15, 0.2) is 29.3 Å². The number of ether oxygens (including phenoxy) is 1. The van der Waals surface area contributed by atoms with Gasteiger partial charge in [0.25, 0.3) is 0 Å². The van der Waals surface area contributed by atoms with Crippen LogP contribution in [-0.2, 0) is 9.53 Å². The fourth-order valence-corrected chi connectivity index (χ4v) is 2.88. The number of aliphatic carboxylic acids is 1. The van der Waals surface area contributed by atoms with Gasteiger partial charge in [0.15, 0.2) is 0 Å². The number of hydrogen-bond donors (Lipinski definition) is 1. The number of aryl methyl sites for hydroxylation is 1. The number of carboxylic acid groups (broad SMARTS) is 1. The van der Waals surface area contributed by atoms with Crippen molar-refractivity contribution in [3.8, 4) is 0 Å². The van der Waals surface area contributed by atoms with Crippen LogP contribution >= 0.6 is 0 Å². The molecule has 0 aromatic heterocycles. The van der Waals surface area contributed by atoms with Crippen molar-refractivity contribution in [2.75, 3.05) is 0 Å². The summed E-state index contributed by atoms with van der Waals surface area (Å²) in [5.74, 6) is -0.321. The summed E-state index contributed by atoms with van der Waals surface area (Å²) in [6, 6.07) is 8.12. The van der Waals surface area contributed by atoms with E-state index in [1.54, 1.807) is 0 Å². The summed E-state index contributed by atoms with van der Waals surface area (Å²) in [6.45, 7) is 2.03. The van der Waals surface area contributed by atoms with Gasteiger partial charge in [-0.3, -0.25) is 4.79 Å². The Morgan fingerprint density at radius 1 is 1.37 bits per heavy atom. The van der Waals surface area contributed by atoms with Crippen LogP contribution < -0.4 is 0 Å². The molecule has 1 aromatic rings. The predicted octanol–water partition coefficient (Wildman–Crippen LogP) is 2.39. The summed E-state index contributed by atoms with van der Waals surface area (Å²) in [6.07, 6.45) is 2.00. The van der Waals surface area contributed by atoms with E-state index in [9.17, 15) is 4.79 Å². The number of nitrogens with zero attached hydrogens (tertiary/aromatic N) is 1. The smallest absolute Gasteiger partial charge is 0.306 e. The van der Waals surface area contributed by atoms with Crippen molar-refractivity contribution >= 4 is 11.9 Å². The largest absolute Gasteiger partial charge is 0.481 e. The molecule has 1 aliphatic heterocycles. The maximum atomic E-state index is 11.1. The Kier molecular flexibility index (Phi) is 3.01. The molecule has 0 amide bonds. The molecule has 0 radical (unpaired) electrons. The van der Waals surface area contributed by atoms with Crippen LogP contribution in [0.4, 0.5) is 0 Å². The molecule has 1 saturated carbocycles. The third-order valence-electron chi connectivity index (χ3n) is 4.03. The van der Waals surface area contributed by atoms with Gasteiger partial charge in [0.1, 0.15) is 6.10 Å². The first-order chi connectivity index (χ1) is 9.15. The van der Waals surface area contributed by atoms with Crippen LogP contribution in [0.2, 0.25) is 0 Å². The minimum atomic E-state index is -0.716. The highest BCUT2D eigenvalue weighted by molar-refractivity contribution is 5.96. The molecule has 100 valence electrons. The van der Waals surface area contributed by atoms with E-state index in [1.165, 1.54) is 0 Å². The SMILES string of the molecule is Cc1ccccc1C1=NC2CCC(C(=O)O)CC2O1. The van der Waals surface area contributed by atoms with Gasteiger partial charge in [-0.15, -0.1) is 0 Å². The first kappa shape index (κ1) is 12.2. The van der Waals surface area contributed by atoms with Crippen molar-refractivity contribution in [3.05, 3.63) is 35.4 Å². The van der Waals surface area contributed by atoms with Gasteiger partial charge in [0, 0.05) is 5.56 Å². The van der Waals surface area contributed by atoms with E-state index in [2.05, 4.69) is 4.99 Å². The van der Waals surface area contributed by atoms with E-state index in [4.69, 9.17) is 9.84 Å². The van der Waals surface area contributed by atoms with Crippen molar-refractivity contribution in [1.29, 1.82) is 0 Å². The van der Waals surface area contributed by atoms with Crippen molar-refractivity contribution in [1.82, 2.24) is 0 Å². The predicted molar refractivity (Wildman–Crippen MR) is 71.4 cm³/mol. The molecule has 0 bridgehead atoms. The normalized spacial score (nSPS) is 29.3. The number of carboxylic acids is 1. The Labute approximate surface area is 112 Å². The summed E-state index contributed by atoms with van der Waals surface area (Å²) in [5, 5.41) is 9.09. The molecule has 3 unspecified atom stereocenters. The zero-order valence-electron chi connectivity index (χ0n) is 10.9. The highest BCUT2D eigenvalue weighted by atomic mass is 16.5. The van der Waals surface area contributed by atoms with Crippen LogP contribution in [0.25, 0.3) is 0 Å². The number of rotatable bonds is 2. The second-order valence-electron chi connectivity index (χ2n) is 5.32. The van der Waals surface area contributed by atoms with Crippen LogP contribution in [0, 0.1) is 12.8 Å². The third kappa shape index (κ3) is 2.23. The molecule has 0 spiro atoms. The van der Waals surface area contributed by atoms with Crippen LogP contribution in [0.1, 0.15) is 30.4 Å². The minimum absolute atomic E-state index is 0.0653. The Balaban J connectivity index is 1.79. The number of hydrogen-bond acceptors (Lipinski definition) is 3. The monoisotopic (exact) mass is 259 g/mol. The molecule has 1 fully saturated rings. The Morgan fingerprint density at radius 3 is 2.89 bits per heavy atom. The molecule has 1 aliphatic carbocycles. The standard InChI is InChI=1S/C15H17NO3/c1-9-4-2-3-5-11(9)14-16-12-7-6-10(15(17)18)8-13(12)19-14/h2-5,10,12-13H,6-8H2,1H3,(H,17,18). The maximum Gasteiger partial charge on any atom is 0.306 e. The van der Waals surface area contributed by atoms with Crippen molar-refractivity contribution < 1.29 is 14.6 Å². The molecule has 1 N–H and O–H groups in total. The van der Waals surface area contributed by atoms with E-state index in [-0.39, 0.29) is 18.1 Å². The van der Waals surface area contributed by atoms with Gasteiger partial charge in [0.2, 0.25) is 5.90 Å². The molecule has 3 rings (SSSR count). The van der Waals surface area contributed by atoms with Gasteiger partial charge < -0.3 is 9.84 Å². The van der Waals surface area contributed by atoms with E-state index < -0.39 is 5.97 Å². The second-order valence-corrected chi connectivity index (χ2v) is 5.32. The fourth-order valence-electron chi connectivity index (χ4n) is 2.88. The molecule has 1 aromatic carbocycles. The quantitative estimate of drug-likeness (QED) is 0.887. The molecule has 4 nitrogen and oxygen atoms in total. The summed E-state index contributed by atoms with van der Waals surface area (Å²) in [5.41, 5.74) is 2.15. The molecule has 2 aliphatic rings. The Bertz CT molecular complexity index is 538. The molecule has 4 heteroatoms. The van der Waals surface area contributed by atoms with Gasteiger partial charge in [-0.2, -0.15) is 0 Å². The van der Waals surface area contributed by atoms with E-state index in [0.29, 0.717) is 18.7 Å². The summed E-state index contributed by atoms with van der Waals surface area (Å²) in [7, 11) is 0. The van der Waals surface area contributed by atoms with Crippen molar-refractivity contribution in [2.45, 2.75) is 38.3 Å². The lowest BCUT2D eigenvalue weighted by atomic mass is 9.84. The number of aliphatic imine (C=N–C) groups is 1. The lowest BCUT2D eigenvalue weighted by Crippen LogP contribution is -2.34. The molecular weight excluding hydrogens is 242 g/mol. The van der Waals surface area contributed by atoms with Crippen molar-refractivity contribution in [3.63, 3.8) is 0 Å². The van der Waals surface area contributed by atoms with E-state index in [0.717, 1.165) is 17.5 Å². The number of benzene rings is 1. The lowest BCUT2D eigenvalue weighted by molar-refractivity contribution is -0.143. The van der Waals surface area contributed by atoms with Gasteiger partial charge in [0.05, 0.1) is 12.0 Å². The molecule has 0 saturated heterocycles. The topological polar surface area (TPSA) is 58.9 Å². The van der Waals surface area contributed by atoms with Gasteiger partial charge in [-0.25, -0.2) is 4.99 Å². The third-order valence-corrected chi connectivity index (χ3v) is 4.03. The molecule has 1 heterocycles. The highest BCUT2D eigenvalue weighted by Gasteiger charge is 2.39. The van der Waals surface area contributed by atoms with Crippen molar-refractivity contribution in [2.24, 2.45) is 10.9 Å². The van der Waals surface area contributed by atoms with Crippen LogP contribution in [-0.4, -0.2) is 29.1 Å². The first-order valence-electron chi connectivity index (χ1n) is 6.68. The van der Waals surface area contributed by atoms with Gasteiger partial charge >= 0.3 is 5.97 Å². The fraction of sp³-hybridized carbons (Fsp3) is 0.467.